The SMILES string of the molecule is Cc1ccc(CN2CC[C@@H](Nc3ccc(/C=C/C(=O)NO)cn3)C2)cc1. The van der Waals surface area contributed by atoms with Gasteiger partial charge < -0.3 is 5.32 Å². The molecular weight excluding hydrogens is 328 g/mol. The number of pyridine rings is 1. The Balaban J connectivity index is 1.49. The predicted molar refractivity (Wildman–Crippen MR) is 102 cm³/mol. The van der Waals surface area contributed by atoms with Crippen LogP contribution < -0.4 is 10.8 Å². The summed E-state index contributed by atoms with van der Waals surface area (Å²) in [6.07, 6.45) is 5.64. The van der Waals surface area contributed by atoms with Gasteiger partial charge in [0, 0.05) is 37.9 Å². The summed E-state index contributed by atoms with van der Waals surface area (Å²) in [5.74, 6) is 0.266. The molecule has 0 unspecified atom stereocenters. The second kappa shape index (κ2) is 8.60. The summed E-state index contributed by atoms with van der Waals surface area (Å²) in [6.45, 7) is 5.15. The average Bonchev–Trinajstić information content (AvgIpc) is 3.09. The smallest absolute Gasteiger partial charge is 0.267 e. The monoisotopic (exact) mass is 352 g/mol. The van der Waals surface area contributed by atoms with Crippen LogP contribution in [0, 0.1) is 6.92 Å². The lowest BCUT2D eigenvalue weighted by Crippen LogP contribution is -2.26. The van der Waals surface area contributed by atoms with Crippen LogP contribution in [0.4, 0.5) is 5.82 Å². The number of amides is 1. The van der Waals surface area contributed by atoms with Crippen LogP contribution in [-0.2, 0) is 11.3 Å². The molecule has 26 heavy (non-hydrogen) atoms. The molecular formula is C20H24N4O2. The van der Waals surface area contributed by atoms with Gasteiger partial charge in [0.2, 0.25) is 0 Å². The molecule has 0 saturated carbocycles. The molecule has 1 aliphatic heterocycles. The number of hydroxylamine groups is 1. The lowest BCUT2D eigenvalue weighted by atomic mass is 10.1. The molecule has 1 aliphatic rings. The van der Waals surface area contributed by atoms with Crippen molar-refractivity contribution >= 4 is 17.8 Å². The lowest BCUT2D eigenvalue weighted by molar-refractivity contribution is -0.124. The minimum atomic E-state index is -0.563. The first-order valence-electron chi connectivity index (χ1n) is 8.75. The number of hydrogen-bond acceptors (Lipinski definition) is 5. The summed E-state index contributed by atoms with van der Waals surface area (Å²) < 4.78 is 0. The third-order valence-electron chi connectivity index (χ3n) is 4.47. The van der Waals surface area contributed by atoms with Gasteiger partial charge in [-0.1, -0.05) is 29.8 Å². The Hall–Kier alpha value is -2.70. The third-order valence-corrected chi connectivity index (χ3v) is 4.47. The molecule has 0 aliphatic carbocycles. The van der Waals surface area contributed by atoms with Gasteiger partial charge in [-0.2, -0.15) is 0 Å². The van der Waals surface area contributed by atoms with Crippen molar-refractivity contribution in [3.05, 3.63) is 65.4 Å². The van der Waals surface area contributed by atoms with Crippen molar-refractivity contribution in [2.45, 2.75) is 25.9 Å². The van der Waals surface area contributed by atoms with Gasteiger partial charge in [-0.3, -0.25) is 14.9 Å². The molecule has 1 aromatic heterocycles. The van der Waals surface area contributed by atoms with E-state index < -0.39 is 5.91 Å². The molecule has 0 bridgehead atoms. The molecule has 1 aromatic carbocycles. The van der Waals surface area contributed by atoms with Crippen molar-refractivity contribution in [2.75, 3.05) is 18.4 Å². The largest absolute Gasteiger partial charge is 0.366 e. The lowest BCUT2D eigenvalue weighted by Gasteiger charge is -2.17. The third kappa shape index (κ3) is 5.15. The Morgan fingerprint density at radius 2 is 2.12 bits per heavy atom. The number of likely N-dealkylation sites (tertiary alicyclic amines) is 1. The van der Waals surface area contributed by atoms with Gasteiger partial charge in [-0.05, 0) is 42.7 Å². The molecule has 6 heteroatoms. The van der Waals surface area contributed by atoms with Crippen LogP contribution in [-0.4, -0.2) is 40.1 Å². The molecule has 3 rings (SSSR count). The molecule has 0 radical (unpaired) electrons. The molecule has 1 fully saturated rings. The first-order valence-corrected chi connectivity index (χ1v) is 8.75. The Morgan fingerprint density at radius 3 is 2.81 bits per heavy atom. The molecule has 1 atom stereocenters. The minimum absolute atomic E-state index is 0.384. The predicted octanol–water partition coefficient (Wildman–Crippen LogP) is 2.60. The van der Waals surface area contributed by atoms with Crippen LogP contribution in [0.2, 0.25) is 0 Å². The number of anilines is 1. The number of carbonyl (C=O) groups is 1. The van der Waals surface area contributed by atoms with Crippen LogP contribution in [0.3, 0.4) is 0 Å². The summed E-state index contributed by atoms with van der Waals surface area (Å²) in [5.41, 5.74) is 4.99. The van der Waals surface area contributed by atoms with Crippen LogP contribution in [0.5, 0.6) is 0 Å². The number of rotatable bonds is 6. The highest BCUT2D eigenvalue weighted by molar-refractivity contribution is 5.90. The van der Waals surface area contributed by atoms with E-state index in [1.54, 1.807) is 17.8 Å². The summed E-state index contributed by atoms with van der Waals surface area (Å²) in [5, 5.41) is 11.9. The number of carbonyl (C=O) groups excluding carboxylic acids is 1. The van der Waals surface area contributed by atoms with E-state index in [0.29, 0.717) is 6.04 Å². The minimum Gasteiger partial charge on any atom is -0.366 e. The normalized spacial score (nSPS) is 17.5. The zero-order valence-corrected chi connectivity index (χ0v) is 14.9. The molecule has 1 amide bonds. The van der Waals surface area contributed by atoms with E-state index in [9.17, 15) is 4.79 Å². The highest BCUT2D eigenvalue weighted by Crippen LogP contribution is 2.17. The fourth-order valence-electron chi connectivity index (χ4n) is 3.05. The van der Waals surface area contributed by atoms with Gasteiger partial charge in [0.25, 0.3) is 5.91 Å². The molecule has 1 saturated heterocycles. The van der Waals surface area contributed by atoms with Crippen LogP contribution in [0.1, 0.15) is 23.1 Å². The summed E-state index contributed by atoms with van der Waals surface area (Å²) in [6, 6.07) is 12.9. The van der Waals surface area contributed by atoms with E-state index in [0.717, 1.165) is 37.4 Å². The Labute approximate surface area is 153 Å². The van der Waals surface area contributed by atoms with Crippen molar-refractivity contribution in [3.63, 3.8) is 0 Å². The zero-order valence-electron chi connectivity index (χ0n) is 14.9. The Bertz CT molecular complexity index is 756. The van der Waals surface area contributed by atoms with E-state index in [1.807, 2.05) is 12.1 Å². The quantitative estimate of drug-likeness (QED) is 0.423. The summed E-state index contributed by atoms with van der Waals surface area (Å²) in [4.78, 5) is 17.8. The van der Waals surface area contributed by atoms with Crippen molar-refractivity contribution in [2.24, 2.45) is 0 Å². The van der Waals surface area contributed by atoms with Crippen LogP contribution in [0.25, 0.3) is 6.08 Å². The second-order valence-electron chi connectivity index (χ2n) is 6.64. The summed E-state index contributed by atoms with van der Waals surface area (Å²) in [7, 11) is 0. The number of benzene rings is 1. The molecule has 6 nitrogen and oxygen atoms in total. The van der Waals surface area contributed by atoms with Gasteiger partial charge in [-0.15, -0.1) is 0 Å². The maximum atomic E-state index is 11.0. The van der Waals surface area contributed by atoms with E-state index in [4.69, 9.17) is 5.21 Å². The van der Waals surface area contributed by atoms with Gasteiger partial charge >= 0.3 is 0 Å². The molecule has 0 spiro atoms. The van der Waals surface area contributed by atoms with Crippen molar-refractivity contribution in [3.8, 4) is 0 Å². The van der Waals surface area contributed by atoms with Gasteiger partial charge in [0.15, 0.2) is 0 Å². The number of aryl methyl sites for hydroxylation is 1. The second-order valence-corrected chi connectivity index (χ2v) is 6.64. The van der Waals surface area contributed by atoms with Crippen molar-refractivity contribution in [1.82, 2.24) is 15.4 Å². The van der Waals surface area contributed by atoms with Gasteiger partial charge in [0.05, 0.1) is 0 Å². The summed E-state index contributed by atoms with van der Waals surface area (Å²) >= 11 is 0. The molecule has 136 valence electrons. The van der Waals surface area contributed by atoms with Crippen LogP contribution in [0.15, 0.2) is 48.7 Å². The Kier molecular flexibility index (Phi) is 5.99. The molecule has 2 aromatic rings. The maximum absolute atomic E-state index is 11.0. The first kappa shape index (κ1) is 18.1. The standard InChI is InChI=1S/C20H24N4O2/c1-15-2-4-17(5-3-15)13-24-11-10-18(14-24)22-19-8-6-16(12-21-19)7-9-20(25)23-26/h2-9,12,18,26H,10-11,13-14H2,1H3,(H,21,22)(H,23,25)/b9-7+/t18-/m1/s1. The van der Waals surface area contributed by atoms with E-state index in [2.05, 4.69) is 46.4 Å². The molecule has 3 N–H and O–H groups in total. The highest BCUT2D eigenvalue weighted by atomic mass is 16.5. The van der Waals surface area contributed by atoms with Gasteiger partial charge in [0.1, 0.15) is 5.82 Å². The van der Waals surface area contributed by atoms with Crippen LogP contribution >= 0.6 is 0 Å². The Morgan fingerprint density at radius 1 is 1.31 bits per heavy atom. The fraction of sp³-hybridized carbons (Fsp3) is 0.300. The maximum Gasteiger partial charge on any atom is 0.267 e. The number of hydrogen-bond donors (Lipinski definition) is 3. The number of nitrogens with one attached hydrogen (secondary N) is 2. The van der Waals surface area contributed by atoms with Gasteiger partial charge in [-0.25, -0.2) is 10.5 Å². The van der Waals surface area contributed by atoms with E-state index in [1.165, 1.54) is 17.2 Å². The topological polar surface area (TPSA) is 77.5 Å². The van der Waals surface area contributed by atoms with E-state index in [-0.39, 0.29) is 0 Å². The average molecular weight is 352 g/mol. The van der Waals surface area contributed by atoms with Crippen molar-refractivity contribution < 1.29 is 10.0 Å². The first-order chi connectivity index (χ1) is 12.6. The molecule has 2 heterocycles. The highest BCUT2D eigenvalue weighted by Gasteiger charge is 2.22. The zero-order chi connectivity index (χ0) is 18.4. The number of aromatic nitrogens is 1. The van der Waals surface area contributed by atoms with Crippen molar-refractivity contribution in [1.29, 1.82) is 0 Å². The number of nitrogens with zero attached hydrogens (tertiary/aromatic N) is 2. The van der Waals surface area contributed by atoms with E-state index >= 15 is 0 Å². The fourth-order valence-corrected chi connectivity index (χ4v) is 3.05.